The fraction of sp³-hybridized carbons (Fsp3) is 0.333. The first kappa shape index (κ1) is 31.5. The Balaban J connectivity index is 2.03. The highest BCUT2D eigenvalue weighted by Crippen LogP contribution is 2.27. The van der Waals surface area contributed by atoms with Crippen molar-refractivity contribution in [3.63, 3.8) is 0 Å². The fourth-order valence-corrected chi connectivity index (χ4v) is 5.99. The summed E-state index contributed by atoms with van der Waals surface area (Å²) >= 11 is 7.92. The van der Waals surface area contributed by atoms with E-state index in [1.807, 2.05) is 27.0 Å². The number of benzene rings is 3. The molecule has 2 amide bonds. The molecule has 0 heterocycles. The van der Waals surface area contributed by atoms with Crippen LogP contribution < -0.4 is 9.62 Å². The zero-order chi connectivity index (χ0) is 29.4. The number of hydrogen-bond donors (Lipinski definition) is 1. The smallest absolute Gasteiger partial charge is 0.264 e. The van der Waals surface area contributed by atoms with Gasteiger partial charge in [0.05, 0.1) is 10.6 Å². The van der Waals surface area contributed by atoms with E-state index in [9.17, 15) is 18.0 Å². The lowest BCUT2D eigenvalue weighted by atomic mass is 10.1. The van der Waals surface area contributed by atoms with Gasteiger partial charge in [-0.1, -0.05) is 54.4 Å². The number of nitrogens with one attached hydrogen (secondary N) is 1. The van der Waals surface area contributed by atoms with E-state index in [4.69, 9.17) is 11.6 Å². The maximum absolute atomic E-state index is 14.0. The molecule has 0 radical (unpaired) electrons. The molecular weight excluding hydrogens is 566 g/mol. The number of sulfonamides is 1. The van der Waals surface area contributed by atoms with E-state index in [0.29, 0.717) is 16.3 Å². The van der Waals surface area contributed by atoms with Gasteiger partial charge in [-0.2, -0.15) is 0 Å². The predicted octanol–water partition coefficient (Wildman–Crippen LogP) is 5.90. The average molecular weight is 602 g/mol. The van der Waals surface area contributed by atoms with E-state index >= 15 is 0 Å². The third-order valence-electron chi connectivity index (χ3n) is 6.72. The Morgan fingerprint density at radius 1 is 0.975 bits per heavy atom. The van der Waals surface area contributed by atoms with Crippen molar-refractivity contribution in [2.45, 2.75) is 62.5 Å². The van der Waals surface area contributed by atoms with Crippen molar-refractivity contribution in [3.05, 3.63) is 88.9 Å². The van der Waals surface area contributed by atoms with Crippen molar-refractivity contribution in [1.29, 1.82) is 0 Å². The van der Waals surface area contributed by atoms with Crippen LogP contribution in [0.4, 0.5) is 5.69 Å². The molecule has 3 aromatic rings. The first-order chi connectivity index (χ1) is 19.0. The van der Waals surface area contributed by atoms with Gasteiger partial charge in [-0.05, 0) is 81.5 Å². The lowest BCUT2D eigenvalue weighted by Gasteiger charge is -2.32. The third kappa shape index (κ3) is 7.80. The Kier molecular flexibility index (Phi) is 11.1. The normalized spacial score (nSPS) is 12.8. The first-order valence-electron chi connectivity index (χ1n) is 13.0. The molecule has 10 heteroatoms. The van der Waals surface area contributed by atoms with Crippen LogP contribution in [0.15, 0.2) is 82.6 Å². The summed E-state index contributed by atoms with van der Waals surface area (Å²) in [6.07, 6.45) is 2.64. The molecule has 3 rings (SSSR count). The molecule has 7 nitrogen and oxygen atoms in total. The summed E-state index contributed by atoms with van der Waals surface area (Å²) in [5, 5.41) is 3.37. The zero-order valence-electron chi connectivity index (χ0n) is 23.4. The zero-order valence-corrected chi connectivity index (χ0v) is 25.8. The molecular formula is C30H36ClN3O4S2. The summed E-state index contributed by atoms with van der Waals surface area (Å²) in [5.74, 6) is -0.858. The summed E-state index contributed by atoms with van der Waals surface area (Å²) in [6, 6.07) is 19.6. The monoisotopic (exact) mass is 601 g/mol. The summed E-state index contributed by atoms with van der Waals surface area (Å²) in [4.78, 5) is 29.5. The van der Waals surface area contributed by atoms with Crippen LogP contribution >= 0.6 is 23.4 Å². The first-order valence-corrected chi connectivity index (χ1v) is 16.1. The molecule has 1 N–H and O–H groups in total. The van der Waals surface area contributed by atoms with Crippen LogP contribution in [-0.2, 0) is 26.2 Å². The van der Waals surface area contributed by atoms with Crippen LogP contribution in [0.1, 0.15) is 38.3 Å². The van der Waals surface area contributed by atoms with Crippen LogP contribution in [0, 0.1) is 6.92 Å². The Labute approximate surface area is 247 Å². The molecule has 0 aliphatic rings. The van der Waals surface area contributed by atoms with Gasteiger partial charge in [0.15, 0.2) is 0 Å². The van der Waals surface area contributed by atoms with Gasteiger partial charge in [-0.3, -0.25) is 13.9 Å². The molecule has 0 fully saturated rings. The Morgan fingerprint density at radius 3 is 2.17 bits per heavy atom. The van der Waals surface area contributed by atoms with E-state index < -0.39 is 28.5 Å². The van der Waals surface area contributed by atoms with Crippen LogP contribution in [0.25, 0.3) is 0 Å². The number of halogens is 1. The number of rotatable bonds is 12. The van der Waals surface area contributed by atoms with E-state index in [0.717, 1.165) is 21.2 Å². The Bertz CT molecular complexity index is 1410. The van der Waals surface area contributed by atoms with Gasteiger partial charge in [-0.25, -0.2) is 8.42 Å². The molecule has 0 aliphatic heterocycles. The maximum atomic E-state index is 14.0. The minimum absolute atomic E-state index is 0.0395. The number of aryl methyl sites for hydroxylation is 1. The van der Waals surface area contributed by atoms with Gasteiger partial charge in [0.25, 0.3) is 10.0 Å². The molecule has 0 aromatic heterocycles. The summed E-state index contributed by atoms with van der Waals surface area (Å²) < 4.78 is 28.9. The van der Waals surface area contributed by atoms with Crippen molar-refractivity contribution in [3.8, 4) is 0 Å². The number of amides is 2. The van der Waals surface area contributed by atoms with Crippen molar-refractivity contribution < 1.29 is 18.0 Å². The average Bonchev–Trinajstić information content (AvgIpc) is 2.95. The lowest BCUT2D eigenvalue weighted by Crippen LogP contribution is -2.52. The van der Waals surface area contributed by atoms with E-state index in [1.165, 1.54) is 28.8 Å². The van der Waals surface area contributed by atoms with Gasteiger partial charge >= 0.3 is 0 Å². The Morgan fingerprint density at radius 2 is 1.60 bits per heavy atom. The van der Waals surface area contributed by atoms with Gasteiger partial charge in [-0.15, -0.1) is 11.8 Å². The number of carbonyl (C=O) groups is 2. The molecule has 2 atom stereocenters. The van der Waals surface area contributed by atoms with E-state index in [-0.39, 0.29) is 23.4 Å². The van der Waals surface area contributed by atoms with Crippen LogP contribution in [0.2, 0.25) is 5.02 Å². The van der Waals surface area contributed by atoms with Gasteiger partial charge < -0.3 is 10.2 Å². The summed E-state index contributed by atoms with van der Waals surface area (Å²) in [5.41, 5.74) is 1.95. The second-order valence-corrected chi connectivity index (χ2v) is 12.8. The minimum atomic E-state index is -4.12. The van der Waals surface area contributed by atoms with Gasteiger partial charge in [0.1, 0.15) is 12.6 Å². The number of hydrogen-bond acceptors (Lipinski definition) is 5. The highest BCUT2D eigenvalue weighted by molar-refractivity contribution is 7.98. The molecule has 3 aromatic carbocycles. The van der Waals surface area contributed by atoms with Crippen LogP contribution in [0.3, 0.4) is 0 Å². The highest BCUT2D eigenvalue weighted by atomic mass is 35.5. The summed E-state index contributed by atoms with van der Waals surface area (Å²) in [7, 11) is -4.12. The second kappa shape index (κ2) is 14.1. The standard InChI is InChI=1S/C30H36ClN3O4S2/c1-6-22(3)32-30(36)23(4)33(19-24-9-7-8-10-28(24)31)29(35)20-34(25-13-11-21(2)12-14-25)40(37,38)27-17-15-26(39-5)16-18-27/h7-18,22-23H,6,19-20H2,1-5H3,(H,32,36)/t22-,23-/m0/s1. The SMILES string of the molecule is CC[C@H](C)NC(=O)[C@H](C)N(Cc1ccccc1Cl)C(=O)CN(c1ccc(C)cc1)S(=O)(=O)c1ccc(SC)cc1. The maximum Gasteiger partial charge on any atom is 0.264 e. The van der Waals surface area contributed by atoms with Gasteiger partial charge in [0.2, 0.25) is 11.8 Å². The minimum Gasteiger partial charge on any atom is -0.352 e. The van der Waals surface area contributed by atoms with Crippen molar-refractivity contribution in [1.82, 2.24) is 10.2 Å². The molecule has 0 aliphatic carbocycles. The van der Waals surface area contributed by atoms with E-state index in [2.05, 4.69) is 5.32 Å². The summed E-state index contributed by atoms with van der Waals surface area (Å²) in [6.45, 7) is 6.92. The van der Waals surface area contributed by atoms with Crippen molar-refractivity contribution in [2.75, 3.05) is 17.1 Å². The number of carbonyl (C=O) groups excluding carboxylic acids is 2. The largest absolute Gasteiger partial charge is 0.352 e. The highest BCUT2D eigenvalue weighted by Gasteiger charge is 2.33. The topological polar surface area (TPSA) is 86.8 Å². The fourth-order valence-electron chi connectivity index (χ4n) is 3.97. The van der Waals surface area contributed by atoms with Crippen LogP contribution in [-0.4, -0.2) is 50.0 Å². The number of anilines is 1. The van der Waals surface area contributed by atoms with Gasteiger partial charge in [0, 0.05) is 22.5 Å². The third-order valence-corrected chi connectivity index (χ3v) is 9.62. The molecule has 214 valence electrons. The number of nitrogens with zero attached hydrogens (tertiary/aromatic N) is 2. The molecule has 0 saturated heterocycles. The van der Waals surface area contributed by atoms with Crippen molar-refractivity contribution >= 4 is 50.9 Å². The molecule has 0 unspecified atom stereocenters. The molecule has 0 spiro atoms. The second-order valence-electron chi connectivity index (χ2n) is 9.63. The van der Waals surface area contributed by atoms with E-state index in [1.54, 1.807) is 67.6 Å². The van der Waals surface area contributed by atoms with Crippen molar-refractivity contribution in [2.24, 2.45) is 0 Å². The van der Waals surface area contributed by atoms with Crippen LogP contribution in [0.5, 0.6) is 0 Å². The molecule has 0 saturated carbocycles. The lowest BCUT2D eigenvalue weighted by molar-refractivity contribution is -0.139. The Hall–Kier alpha value is -3.01. The molecule has 40 heavy (non-hydrogen) atoms. The number of thioether (sulfide) groups is 1. The molecule has 0 bridgehead atoms. The predicted molar refractivity (Wildman–Crippen MR) is 163 cm³/mol. The quantitative estimate of drug-likeness (QED) is 0.261.